The maximum atomic E-state index is 10.9. The van der Waals surface area contributed by atoms with Crippen LogP contribution in [0.25, 0.3) is 0 Å². The Bertz CT molecular complexity index is 336. The summed E-state index contributed by atoms with van der Waals surface area (Å²) in [6, 6.07) is 9.90. The van der Waals surface area contributed by atoms with Gasteiger partial charge >= 0.3 is 6.03 Å². The first-order valence-corrected chi connectivity index (χ1v) is 5.12. The van der Waals surface area contributed by atoms with Crippen LogP contribution in [0, 0.1) is 0 Å². The van der Waals surface area contributed by atoms with Crippen molar-refractivity contribution in [1.82, 2.24) is 4.90 Å². The topological polar surface area (TPSA) is 49.6 Å². The summed E-state index contributed by atoms with van der Waals surface area (Å²) in [6.07, 6.45) is 0. The molecular weight excluding hydrogens is 226 g/mol. The highest BCUT2D eigenvalue weighted by atomic mass is 35.5. The molecule has 16 heavy (non-hydrogen) atoms. The Kier molecular flexibility index (Phi) is 4.43. The van der Waals surface area contributed by atoms with Gasteiger partial charge in [-0.05, 0) is 12.1 Å². The molecule has 2 N–H and O–H groups in total. The Morgan fingerprint density at radius 2 is 1.62 bits per heavy atom. The van der Waals surface area contributed by atoms with Crippen LogP contribution in [0.5, 0.6) is 0 Å². The number of rotatable bonds is 1. The number of amides is 2. The molecule has 0 spiro atoms. The van der Waals surface area contributed by atoms with Gasteiger partial charge in [0.05, 0.1) is 0 Å². The molecule has 0 unspecified atom stereocenters. The number of piperazine rings is 1. The lowest BCUT2D eigenvalue weighted by Crippen LogP contribution is -2.50. The number of halogens is 1. The highest BCUT2D eigenvalue weighted by Gasteiger charge is 2.18. The fourth-order valence-corrected chi connectivity index (χ4v) is 1.82. The number of hydrogen-bond acceptors (Lipinski definition) is 2. The second kappa shape index (κ2) is 5.61. The molecule has 1 aliphatic rings. The van der Waals surface area contributed by atoms with Crippen molar-refractivity contribution in [2.45, 2.75) is 0 Å². The lowest BCUT2D eigenvalue weighted by Gasteiger charge is -2.35. The van der Waals surface area contributed by atoms with E-state index in [1.54, 1.807) is 4.90 Å². The molecule has 1 aliphatic heterocycles. The molecule has 0 radical (unpaired) electrons. The highest BCUT2D eigenvalue weighted by molar-refractivity contribution is 5.85. The van der Waals surface area contributed by atoms with Crippen LogP contribution < -0.4 is 10.6 Å². The minimum Gasteiger partial charge on any atom is -0.368 e. The van der Waals surface area contributed by atoms with E-state index in [1.807, 2.05) is 18.2 Å². The van der Waals surface area contributed by atoms with Crippen LogP contribution in [0.4, 0.5) is 10.5 Å². The van der Waals surface area contributed by atoms with Crippen LogP contribution in [0.2, 0.25) is 0 Å². The monoisotopic (exact) mass is 241 g/mol. The number of carbonyl (C=O) groups is 1. The van der Waals surface area contributed by atoms with Gasteiger partial charge in [-0.25, -0.2) is 4.79 Å². The van der Waals surface area contributed by atoms with Crippen LogP contribution >= 0.6 is 12.4 Å². The summed E-state index contributed by atoms with van der Waals surface area (Å²) >= 11 is 0. The molecule has 1 aromatic carbocycles. The smallest absolute Gasteiger partial charge is 0.314 e. The molecule has 1 heterocycles. The number of hydrogen-bond donors (Lipinski definition) is 1. The summed E-state index contributed by atoms with van der Waals surface area (Å²) in [4.78, 5) is 14.9. The van der Waals surface area contributed by atoms with E-state index in [-0.39, 0.29) is 18.4 Å². The average Bonchev–Trinajstić information content (AvgIpc) is 2.30. The summed E-state index contributed by atoms with van der Waals surface area (Å²) in [7, 11) is 0. The molecule has 0 atom stereocenters. The summed E-state index contributed by atoms with van der Waals surface area (Å²) in [5.41, 5.74) is 6.43. The Morgan fingerprint density at radius 3 is 2.12 bits per heavy atom. The van der Waals surface area contributed by atoms with Crippen molar-refractivity contribution in [3.63, 3.8) is 0 Å². The first kappa shape index (κ1) is 12.6. The van der Waals surface area contributed by atoms with Gasteiger partial charge in [-0.15, -0.1) is 12.4 Å². The lowest BCUT2D eigenvalue weighted by atomic mass is 10.2. The van der Waals surface area contributed by atoms with Crippen molar-refractivity contribution < 1.29 is 4.79 Å². The predicted octanol–water partition coefficient (Wildman–Crippen LogP) is 1.31. The Hall–Kier alpha value is -1.42. The summed E-state index contributed by atoms with van der Waals surface area (Å²) in [5.74, 6) is 0. The molecule has 1 saturated heterocycles. The first-order chi connectivity index (χ1) is 7.27. The highest BCUT2D eigenvalue weighted by Crippen LogP contribution is 2.15. The van der Waals surface area contributed by atoms with Crippen molar-refractivity contribution in [1.29, 1.82) is 0 Å². The standard InChI is InChI=1S/C11H15N3O.ClH/c12-11(15)14-8-6-13(7-9-14)10-4-2-1-3-5-10;/h1-5H,6-9H2,(H2,12,15);1H. The molecule has 1 aromatic rings. The molecule has 0 aliphatic carbocycles. The number of primary amides is 1. The van der Waals surface area contributed by atoms with E-state index >= 15 is 0 Å². The van der Waals surface area contributed by atoms with Gasteiger partial charge in [-0.1, -0.05) is 18.2 Å². The summed E-state index contributed by atoms with van der Waals surface area (Å²) in [5, 5.41) is 0. The fourth-order valence-electron chi connectivity index (χ4n) is 1.82. The summed E-state index contributed by atoms with van der Waals surface area (Å²) in [6.45, 7) is 3.13. The predicted molar refractivity (Wildman–Crippen MR) is 67.1 cm³/mol. The molecule has 88 valence electrons. The normalized spacial score (nSPS) is 15.5. The average molecular weight is 242 g/mol. The van der Waals surface area contributed by atoms with Gasteiger partial charge in [0.2, 0.25) is 0 Å². The van der Waals surface area contributed by atoms with Gasteiger partial charge in [0.25, 0.3) is 0 Å². The van der Waals surface area contributed by atoms with Crippen LogP contribution in [0.1, 0.15) is 0 Å². The third kappa shape index (κ3) is 2.79. The molecule has 2 amide bonds. The maximum Gasteiger partial charge on any atom is 0.314 e. The maximum absolute atomic E-state index is 10.9. The van der Waals surface area contributed by atoms with E-state index in [1.165, 1.54) is 5.69 Å². The number of urea groups is 1. The van der Waals surface area contributed by atoms with Crippen molar-refractivity contribution >= 4 is 24.1 Å². The Morgan fingerprint density at radius 1 is 1.06 bits per heavy atom. The number of nitrogens with two attached hydrogens (primary N) is 1. The van der Waals surface area contributed by atoms with Gasteiger partial charge in [-0.3, -0.25) is 0 Å². The van der Waals surface area contributed by atoms with Gasteiger partial charge in [-0.2, -0.15) is 0 Å². The van der Waals surface area contributed by atoms with Crippen molar-refractivity contribution in [3.05, 3.63) is 30.3 Å². The first-order valence-electron chi connectivity index (χ1n) is 5.12. The van der Waals surface area contributed by atoms with Crippen molar-refractivity contribution in [3.8, 4) is 0 Å². The van der Waals surface area contributed by atoms with E-state index < -0.39 is 0 Å². The van der Waals surface area contributed by atoms with E-state index in [0.717, 1.165) is 13.1 Å². The Balaban J connectivity index is 0.00000128. The van der Waals surface area contributed by atoms with E-state index in [4.69, 9.17) is 5.73 Å². The zero-order chi connectivity index (χ0) is 10.7. The number of para-hydroxylation sites is 1. The van der Waals surface area contributed by atoms with Crippen molar-refractivity contribution in [2.24, 2.45) is 5.73 Å². The Labute approximate surface area is 101 Å². The minimum atomic E-state index is -0.317. The SMILES string of the molecule is Cl.NC(=O)N1CCN(c2ccccc2)CC1. The van der Waals surface area contributed by atoms with E-state index in [2.05, 4.69) is 17.0 Å². The quantitative estimate of drug-likeness (QED) is 0.806. The molecular formula is C11H16ClN3O. The molecule has 0 saturated carbocycles. The largest absolute Gasteiger partial charge is 0.368 e. The third-order valence-corrected chi connectivity index (χ3v) is 2.71. The van der Waals surface area contributed by atoms with Gasteiger partial charge in [0.1, 0.15) is 0 Å². The third-order valence-electron chi connectivity index (χ3n) is 2.71. The van der Waals surface area contributed by atoms with Crippen molar-refractivity contribution in [2.75, 3.05) is 31.1 Å². The van der Waals surface area contributed by atoms with E-state index in [9.17, 15) is 4.79 Å². The molecule has 1 fully saturated rings. The van der Waals surface area contributed by atoms with E-state index in [0.29, 0.717) is 13.1 Å². The molecule has 5 heteroatoms. The summed E-state index contributed by atoms with van der Waals surface area (Å²) < 4.78 is 0. The second-order valence-corrected chi connectivity index (χ2v) is 3.65. The molecule has 2 rings (SSSR count). The second-order valence-electron chi connectivity index (χ2n) is 3.65. The number of anilines is 1. The molecule has 0 bridgehead atoms. The number of benzene rings is 1. The van der Waals surface area contributed by atoms with Gasteiger partial charge < -0.3 is 15.5 Å². The fraction of sp³-hybridized carbons (Fsp3) is 0.364. The number of carbonyl (C=O) groups excluding carboxylic acids is 1. The van der Waals surface area contributed by atoms with Crippen LogP contribution in [-0.4, -0.2) is 37.1 Å². The van der Waals surface area contributed by atoms with Gasteiger partial charge in [0.15, 0.2) is 0 Å². The van der Waals surface area contributed by atoms with Gasteiger partial charge in [0, 0.05) is 31.9 Å². The van der Waals surface area contributed by atoms with Crippen LogP contribution in [-0.2, 0) is 0 Å². The van der Waals surface area contributed by atoms with Crippen LogP contribution in [0.15, 0.2) is 30.3 Å². The lowest BCUT2D eigenvalue weighted by molar-refractivity contribution is 0.204. The number of nitrogens with zero attached hydrogens (tertiary/aromatic N) is 2. The molecule has 0 aromatic heterocycles. The molecule has 4 nitrogen and oxygen atoms in total. The van der Waals surface area contributed by atoms with Crippen LogP contribution in [0.3, 0.4) is 0 Å². The minimum absolute atomic E-state index is 0. The zero-order valence-corrected chi connectivity index (χ0v) is 9.82. The zero-order valence-electron chi connectivity index (χ0n) is 9.00.